The van der Waals surface area contributed by atoms with Crippen LogP contribution in [-0.2, 0) is 16.3 Å². The molecule has 1 N–H and O–H groups in total. The molecule has 2 aromatic carbocycles. The molecule has 3 aromatic rings. The molecule has 164 valence electrons. The molecule has 1 amide bonds. The molecule has 5 rings (SSSR count). The summed E-state index contributed by atoms with van der Waals surface area (Å²) in [6.07, 6.45) is 1.56. The number of amides is 1. The third kappa shape index (κ3) is 5.16. The van der Waals surface area contributed by atoms with Crippen LogP contribution in [0.4, 0.5) is 0 Å². The van der Waals surface area contributed by atoms with Crippen LogP contribution in [0.2, 0.25) is 0 Å². The highest BCUT2D eigenvalue weighted by molar-refractivity contribution is 8.45. The van der Waals surface area contributed by atoms with Crippen LogP contribution in [0.25, 0.3) is 6.08 Å². The summed E-state index contributed by atoms with van der Waals surface area (Å²) < 4.78 is 6.61. The van der Waals surface area contributed by atoms with E-state index in [9.17, 15) is 4.79 Å². The van der Waals surface area contributed by atoms with Crippen molar-refractivity contribution in [3.63, 3.8) is 0 Å². The van der Waals surface area contributed by atoms with Crippen molar-refractivity contribution >= 4 is 62.6 Å². The Balaban J connectivity index is 1.26. The number of nitrogens with one attached hydrogen (secondary N) is 1. The maximum Gasteiger partial charge on any atom is 0.283 e. The maximum absolute atomic E-state index is 12.6. The van der Waals surface area contributed by atoms with Crippen molar-refractivity contribution in [3.8, 4) is 0 Å². The molecule has 6 nitrogen and oxygen atoms in total. The molecule has 0 radical (unpaired) electrons. The number of rotatable bonds is 6. The first kappa shape index (κ1) is 21.8. The van der Waals surface area contributed by atoms with Crippen molar-refractivity contribution in [3.05, 3.63) is 95.3 Å². The second kappa shape index (κ2) is 9.86. The van der Waals surface area contributed by atoms with E-state index < -0.39 is 5.91 Å². The second-order valence-electron chi connectivity index (χ2n) is 7.09. The predicted octanol–water partition coefficient (Wildman–Crippen LogP) is 6.08. The van der Waals surface area contributed by atoms with Crippen LogP contribution >= 0.6 is 35.3 Å². The van der Waals surface area contributed by atoms with Gasteiger partial charge >= 0.3 is 0 Å². The van der Waals surface area contributed by atoms with Gasteiger partial charge in [0, 0.05) is 11.5 Å². The van der Waals surface area contributed by atoms with Gasteiger partial charge in [0.05, 0.1) is 5.57 Å². The quantitative estimate of drug-likeness (QED) is 0.333. The number of carbonyl (C=O) groups is 1. The fourth-order valence-corrected chi connectivity index (χ4v) is 5.82. The van der Waals surface area contributed by atoms with E-state index in [1.807, 2.05) is 42.5 Å². The molecule has 2 aliphatic heterocycles. The van der Waals surface area contributed by atoms with Gasteiger partial charge in [-0.3, -0.25) is 10.2 Å². The number of nitrogens with zero attached hydrogens (tertiary/aromatic N) is 3. The zero-order valence-electron chi connectivity index (χ0n) is 17.3. The van der Waals surface area contributed by atoms with Gasteiger partial charge in [-0.25, -0.2) is 0 Å². The summed E-state index contributed by atoms with van der Waals surface area (Å²) in [5, 5.41) is 15.6. The number of furan rings is 1. The predicted molar refractivity (Wildman–Crippen MR) is 137 cm³/mol. The van der Waals surface area contributed by atoms with Crippen LogP contribution in [-0.4, -0.2) is 26.3 Å². The first-order chi connectivity index (χ1) is 16.2. The van der Waals surface area contributed by atoms with Gasteiger partial charge in [0.15, 0.2) is 15.3 Å². The van der Waals surface area contributed by atoms with Gasteiger partial charge in [-0.1, -0.05) is 84.2 Å². The van der Waals surface area contributed by atoms with Crippen LogP contribution in [0.5, 0.6) is 0 Å². The fraction of sp³-hybridized carbons (Fsp3) is 0.0833. The lowest BCUT2D eigenvalue weighted by atomic mass is 10.1. The minimum Gasteiger partial charge on any atom is -0.450 e. The van der Waals surface area contributed by atoms with Crippen molar-refractivity contribution in [1.82, 2.24) is 5.01 Å². The van der Waals surface area contributed by atoms with Gasteiger partial charge in [0.25, 0.3) is 5.91 Å². The molecule has 0 saturated carbocycles. The van der Waals surface area contributed by atoms with Gasteiger partial charge in [-0.05, 0) is 41.1 Å². The Morgan fingerprint density at radius 2 is 1.61 bits per heavy atom. The third-order valence-electron chi connectivity index (χ3n) is 4.75. The summed E-state index contributed by atoms with van der Waals surface area (Å²) in [7, 11) is 0. The van der Waals surface area contributed by atoms with Crippen molar-refractivity contribution in [1.29, 1.82) is 5.41 Å². The number of carbonyl (C=O) groups excluding carboxylic acids is 1. The normalized spacial score (nSPS) is 16.7. The molecule has 9 heteroatoms. The zero-order chi connectivity index (χ0) is 22.6. The standard InChI is InChI=1S/C24H18N4O2S3/c25-21-19(13-18-11-12-20(30-18)31-14-16-7-3-1-4-8-16)22(29)26-23-28(21)27-24(33-23)32-15-17-9-5-2-6-10-17/h1-13,25H,14-15H2/b19-13+,25-21?. The average Bonchev–Trinajstić information content (AvgIpc) is 3.47. The highest BCUT2D eigenvalue weighted by Gasteiger charge is 2.36. The number of hydrogen-bond acceptors (Lipinski definition) is 7. The monoisotopic (exact) mass is 490 g/mol. The van der Waals surface area contributed by atoms with E-state index >= 15 is 0 Å². The largest absolute Gasteiger partial charge is 0.450 e. The summed E-state index contributed by atoms with van der Waals surface area (Å²) in [6.45, 7) is 0. The SMILES string of the molecule is N=C1/C(=C\c2ccc(SCc3ccccc3)o2)C(=O)N=C2SC(SCc3ccccc3)=NN12. The van der Waals surface area contributed by atoms with Crippen LogP contribution < -0.4 is 0 Å². The molecule has 2 aliphatic rings. The zero-order valence-corrected chi connectivity index (χ0v) is 19.8. The molecular weight excluding hydrogens is 472 g/mol. The van der Waals surface area contributed by atoms with E-state index in [1.165, 1.54) is 27.9 Å². The lowest BCUT2D eigenvalue weighted by Crippen LogP contribution is -2.35. The van der Waals surface area contributed by atoms with Crippen LogP contribution in [0, 0.1) is 5.41 Å². The molecule has 0 saturated heterocycles. The number of aliphatic imine (C=N–C) groups is 1. The van der Waals surface area contributed by atoms with Crippen molar-refractivity contribution in [2.75, 3.05) is 0 Å². The molecule has 0 aliphatic carbocycles. The van der Waals surface area contributed by atoms with Gasteiger partial charge in [0.1, 0.15) is 5.76 Å². The topological polar surface area (TPSA) is 82.0 Å². The summed E-state index contributed by atoms with van der Waals surface area (Å²) in [4.78, 5) is 16.8. The fourth-order valence-electron chi connectivity index (χ4n) is 3.11. The van der Waals surface area contributed by atoms with Gasteiger partial charge in [0.2, 0.25) is 5.17 Å². The van der Waals surface area contributed by atoms with Crippen molar-refractivity contribution in [2.24, 2.45) is 10.1 Å². The second-order valence-corrected chi connectivity index (χ2v) is 10.2. The molecule has 0 bridgehead atoms. The smallest absolute Gasteiger partial charge is 0.283 e. The Hall–Kier alpha value is -3.01. The first-order valence-corrected chi connectivity index (χ1v) is 12.9. The Morgan fingerprint density at radius 3 is 2.30 bits per heavy atom. The molecule has 0 spiro atoms. The van der Waals surface area contributed by atoms with Gasteiger partial charge in [-0.2, -0.15) is 10.0 Å². The Morgan fingerprint density at radius 1 is 0.939 bits per heavy atom. The lowest BCUT2D eigenvalue weighted by molar-refractivity contribution is -0.114. The molecular formula is C24H18N4O2S3. The van der Waals surface area contributed by atoms with E-state index in [2.05, 4.69) is 34.4 Å². The number of fused-ring (bicyclic) bond motifs is 1. The van der Waals surface area contributed by atoms with Gasteiger partial charge in [-0.15, -0.1) is 5.10 Å². The van der Waals surface area contributed by atoms with E-state index in [-0.39, 0.29) is 11.4 Å². The Labute approximate surface area is 203 Å². The van der Waals surface area contributed by atoms with Crippen LogP contribution in [0.1, 0.15) is 16.9 Å². The minimum atomic E-state index is -0.460. The highest BCUT2D eigenvalue weighted by Crippen LogP contribution is 2.34. The van der Waals surface area contributed by atoms with E-state index in [4.69, 9.17) is 9.83 Å². The Bertz CT molecular complexity index is 1280. The number of hydrazone groups is 1. The van der Waals surface area contributed by atoms with E-state index in [0.29, 0.717) is 10.9 Å². The molecule has 0 atom stereocenters. The molecule has 3 heterocycles. The van der Waals surface area contributed by atoms with Crippen molar-refractivity contribution < 1.29 is 9.21 Å². The molecule has 33 heavy (non-hydrogen) atoms. The van der Waals surface area contributed by atoms with Crippen LogP contribution in [0.15, 0.2) is 98.0 Å². The summed E-state index contributed by atoms with van der Waals surface area (Å²) in [5.41, 5.74) is 2.55. The maximum atomic E-state index is 12.6. The minimum absolute atomic E-state index is 0.00250. The number of thioether (sulfide) groups is 3. The molecule has 1 aromatic heterocycles. The number of benzene rings is 2. The molecule has 0 fully saturated rings. The summed E-state index contributed by atoms with van der Waals surface area (Å²) in [6, 6.07) is 23.9. The van der Waals surface area contributed by atoms with Crippen molar-refractivity contribution in [2.45, 2.75) is 16.6 Å². The summed E-state index contributed by atoms with van der Waals surface area (Å²) in [5.74, 6) is 1.59. The number of hydrogen-bond donors (Lipinski definition) is 1. The Kier molecular flexibility index (Phi) is 6.52. The lowest BCUT2D eigenvalue weighted by Gasteiger charge is -2.19. The average molecular weight is 491 g/mol. The first-order valence-electron chi connectivity index (χ1n) is 10.1. The third-order valence-corrected chi connectivity index (χ3v) is 7.85. The number of amidine groups is 2. The highest BCUT2D eigenvalue weighted by atomic mass is 32.2. The van der Waals surface area contributed by atoms with Gasteiger partial charge < -0.3 is 4.42 Å². The summed E-state index contributed by atoms with van der Waals surface area (Å²) >= 11 is 4.45. The van der Waals surface area contributed by atoms with E-state index in [0.717, 1.165) is 21.0 Å². The molecule has 0 unspecified atom stereocenters. The van der Waals surface area contributed by atoms with E-state index in [1.54, 1.807) is 35.7 Å². The van der Waals surface area contributed by atoms with Crippen LogP contribution in [0.3, 0.4) is 0 Å².